The Morgan fingerprint density at radius 1 is 1.35 bits per heavy atom. The molecule has 0 saturated carbocycles. The predicted octanol–water partition coefficient (Wildman–Crippen LogP) is 2.26. The first-order valence-electron chi connectivity index (χ1n) is 5.64. The molecule has 1 aromatic heterocycles. The summed E-state index contributed by atoms with van der Waals surface area (Å²) in [5.41, 5.74) is 4.59. The molecule has 0 spiro atoms. The lowest BCUT2D eigenvalue weighted by atomic mass is 10.1. The number of aldehydes is 1. The van der Waals surface area contributed by atoms with Gasteiger partial charge in [0.25, 0.3) is 0 Å². The Balaban J connectivity index is 2.60. The van der Waals surface area contributed by atoms with E-state index >= 15 is 0 Å². The minimum absolute atomic E-state index is 0.424. The Bertz CT molecular complexity index is 558. The normalized spacial score (nSPS) is 10.5. The third-order valence-corrected chi connectivity index (χ3v) is 2.82. The van der Waals surface area contributed by atoms with E-state index in [1.807, 2.05) is 26.0 Å². The molecule has 0 bridgehead atoms. The van der Waals surface area contributed by atoms with Crippen molar-refractivity contribution in [3.63, 3.8) is 0 Å². The Morgan fingerprint density at radius 3 is 2.71 bits per heavy atom. The molecule has 4 heteroatoms. The van der Waals surface area contributed by atoms with Crippen LogP contribution in [0.25, 0.3) is 5.69 Å². The van der Waals surface area contributed by atoms with Crippen LogP contribution in [0.4, 0.5) is 0 Å². The number of nitrogens with zero attached hydrogens (tertiary/aromatic N) is 3. The molecule has 1 aromatic carbocycles. The molecule has 1 heterocycles. The lowest BCUT2D eigenvalue weighted by Gasteiger charge is -2.08. The first-order valence-corrected chi connectivity index (χ1v) is 5.64. The molecular weight excluding hydrogens is 214 g/mol. The van der Waals surface area contributed by atoms with Gasteiger partial charge in [-0.2, -0.15) is 0 Å². The lowest BCUT2D eigenvalue weighted by molar-refractivity contribution is 0.111. The van der Waals surface area contributed by atoms with E-state index in [1.54, 1.807) is 4.68 Å². The van der Waals surface area contributed by atoms with Crippen molar-refractivity contribution >= 4 is 6.29 Å². The fraction of sp³-hybridized carbons (Fsp3) is 0.308. The zero-order chi connectivity index (χ0) is 12.4. The molecule has 0 N–H and O–H groups in total. The minimum Gasteiger partial charge on any atom is -0.296 e. The molecule has 0 fully saturated rings. The number of benzene rings is 1. The fourth-order valence-corrected chi connectivity index (χ4v) is 1.97. The van der Waals surface area contributed by atoms with Crippen LogP contribution in [0, 0.1) is 13.8 Å². The van der Waals surface area contributed by atoms with Crippen molar-refractivity contribution in [3.05, 3.63) is 40.7 Å². The van der Waals surface area contributed by atoms with Crippen molar-refractivity contribution < 1.29 is 4.79 Å². The van der Waals surface area contributed by atoms with Gasteiger partial charge in [-0.3, -0.25) is 4.79 Å². The Labute approximate surface area is 100 Å². The van der Waals surface area contributed by atoms with Crippen LogP contribution in [0.2, 0.25) is 0 Å². The first-order chi connectivity index (χ1) is 8.17. The van der Waals surface area contributed by atoms with E-state index in [4.69, 9.17) is 0 Å². The number of carbonyl (C=O) groups excluding carboxylic acids is 1. The van der Waals surface area contributed by atoms with Gasteiger partial charge in [-0.05, 0) is 31.9 Å². The van der Waals surface area contributed by atoms with Crippen molar-refractivity contribution in [2.45, 2.75) is 27.2 Å². The van der Waals surface area contributed by atoms with Gasteiger partial charge >= 0.3 is 0 Å². The highest BCUT2D eigenvalue weighted by atomic mass is 16.1. The maximum atomic E-state index is 10.9. The molecule has 0 atom stereocenters. The van der Waals surface area contributed by atoms with Gasteiger partial charge in [0.05, 0.1) is 11.4 Å². The Hall–Kier alpha value is -1.97. The smallest absolute Gasteiger partial charge is 0.172 e. The van der Waals surface area contributed by atoms with E-state index in [0.29, 0.717) is 5.69 Å². The second-order valence-electron chi connectivity index (χ2n) is 4.09. The van der Waals surface area contributed by atoms with E-state index < -0.39 is 0 Å². The molecule has 0 unspecified atom stereocenters. The van der Waals surface area contributed by atoms with Crippen LogP contribution < -0.4 is 0 Å². The topological polar surface area (TPSA) is 47.8 Å². The Morgan fingerprint density at radius 2 is 2.12 bits per heavy atom. The average Bonchev–Trinajstić information content (AvgIpc) is 2.71. The van der Waals surface area contributed by atoms with Gasteiger partial charge in [0.2, 0.25) is 0 Å². The minimum atomic E-state index is 0.424. The standard InChI is InChI=1S/C13H15N3O/c1-4-12-11(8-17)14-15-16(12)13-6-5-9(2)7-10(13)3/h5-8H,4H2,1-3H3. The molecule has 0 aliphatic rings. The maximum absolute atomic E-state index is 10.9. The van der Waals surface area contributed by atoms with Crippen LogP contribution in [-0.2, 0) is 6.42 Å². The van der Waals surface area contributed by atoms with E-state index in [1.165, 1.54) is 5.56 Å². The molecule has 4 nitrogen and oxygen atoms in total. The summed E-state index contributed by atoms with van der Waals surface area (Å²) in [7, 11) is 0. The van der Waals surface area contributed by atoms with Crippen LogP contribution in [-0.4, -0.2) is 21.3 Å². The summed E-state index contributed by atoms with van der Waals surface area (Å²) in [4.78, 5) is 10.9. The Kier molecular flexibility index (Phi) is 3.04. The lowest BCUT2D eigenvalue weighted by Crippen LogP contribution is -2.04. The highest BCUT2D eigenvalue weighted by Crippen LogP contribution is 2.18. The van der Waals surface area contributed by atoms with Crippen molar-refractivity contribution in [1.82, 2.24) is 15.0 Å². The second-order valence-corrected chi connectivity index (χ2v) is 4.09. The van der Waals surface area contributed by atoms with Crippen molar-refractivity contribution in [3.8, 4) is 5.69 Å². The van der Waals surface area contributed by atoms with Crippen LogP contribution in [0.1, 0.15) is 34.2 Å². The number of rotatable bonds is 3. The molecule has 88 valence electrons. The molecule has 0 radical (unpaired) electrons. The third-order valence-electron chi connectivity index (χ3n) is 2.82. The molecule has 2 aromatic rings. The molecule has 0 amide bonds. The largest absolute Gasteiger partial charge is 0.296 e. The van der Waals surface area contributed by atoms with Gasteiger partial charge in [-0.15, -0.1) is 5.10 Å². The molecule has 2 rings (SSSR count). The summed E-state index contributed by atoms with van der Waals surface area (Å²) in [5, 5.41) is 7.94. The fourth-order valence-electron chi connectivity index (χ4n) is 1.97. The van der Waals surface area contributed by atoms with Crippen molar-refractivity contribution in [2.24, 2.45) is 0 Å². The van der Waals surface area contributed by atoms with Gasteiger partial charge in [0, 0.05) is 0 Å². The van der Waals surface area contributed by atoms with Gasteiger partial charge in [0.1, 0.15) is 5.69 Å². The predicted molar refractivity (Wildman–Crippen MR) is 65.6 cm³/mol. The summed E-state index contributed by atoms with van der Waals surface area (Å²) in [5.74, 6) is 0. The number of aromatic nitrogens is 3. The van der Waals surface area contributed by atoms with E-state index in [2.05, 4.69) is 23.3 Å². The zero-order valence-corrected chi connectivity index (χ0v) is 10.3. The van der Waals surface area contributed by atoms with Crippen molar-refractivity contribution in [2.75, 3.05) is 0 Å². The molecular formula is C13H15N3O. The molecule has 0 aliphatic heterocycles. The van der Waals surface area contributed by atoms with Gasteiger partial charge < -0.3 is 0 Å². The average molecular weight is 229 g/mol. The van der Waals surface area contributed by atoms with Crippen LogP contribution in [0.5, 0.6) is 0 Å². The third kappa shape index (κ3) is 1.98. The summed E-state index contributed by atoms with van der Waals surface area (Å²) < 4.78 is 1.75. The summed E-state index contributed by atoms with van der Waals surface area (Å²) in [6.45, 7) is 6.07. The van der Waals surface area contributed by atoms with E-state index in [-0.39, 0.29) is 0 Å². The maximum Gasteiger partial charge on any atom is 0.172 e. The highest BCUT2D eigenvalue weighted by molar-refractivity contribution is 5.73. The first kappa shape index (κ1) is 11.5. The van der Waals surface area contributed by atoms with E-state index in [9.17, 15) is 4.79 Å². The summed E-state index contributed by atoms with van der Waals surface area (Å²) in [6, 6.07) is 6.13. The molecule has 0 aliphatic carbocycles. The summed E-state index contributed by atoms with van der Waals surface area (Å²) >= 11 is 0. The van der Waals surface area contributed by atoms with Gasteiger partial charge in [0.15, 0.2) is 6.29 Å². The number of carbonyl (C=O) groups is 1. The SMILES string of the molecule is CCc1c(C=O)nnn1-c1ccc(C)cc1C. The summed E-state index contributed by atoms with van der Waals surface area (Å²) in [6.07, 6.45) is 1.49. The van der Waals surface area contributed by atoms with Crippen LogP contribution in [0.3, 0.4) is 0 Å². The number of hydrogen-bond donors (Lipinski definition) is 0. The van der Waals surface area contributed by atoms with Gasteiger partial charge in [-0.25, -0.2) is 4.68 Å². The van der Waals surface area contributed by atoms with Crippen LogP contribution >= 0.6 is 0 Å². The number of hydrogen-bond acceptors (Lipinski definition) is 3. The quantitative estimate of drug-likeness (QED) is 0.758. The van der Waals surface area contributed by atoms with Gasteiger partial charge in [-0.1, -0.05) is 29.8 Å². The number of aryl methyl sites for hydroxylation is 2. The highest BCUT2D eigenvalue weighted by Gasteiger charge is 2.13. The van der Waals surface area contributed by atoms with E-state index in [0.717, 1.165) is 29.7 Å². The molecule has 0 saturated heterocycles. The van der Waals surface area contributed by atoms with Crippen LogP contribution in [0.15, 0.2) is 18.2 Å². The monoisotopic (exact) mass is 229 g/mol. The molecule has 17 heavy (non-hydrogen) atoms. The second kappa shape index (κ2) is 4.49. The van der Waals surface area contributed by atoms with Crippen molar-refractivity contribution in [1.29, 1.82) is 0 Å². The zero-order valence-electron chi connectivity index (χ0n) is 10.3.